The average molecular weight is 388 g/mol. The number of hydrogen-bond donors (Lipinski definition) is 1. The van der Waals surface area contributed by atoms with E-state index in [1.165, 1.54) is 17.5 Å². The highest BCUT2D eigenvalue weighted by Crippen LogP contribution is 2.39. The zero-order valence-corrected chi connectivity index (χ0v) is 16.4. The fraction of sp³-hybridized carbons (Fsp3) is 0.375. The summed E-state index contributed by atoms with van der Waals surface area (Å²) in [4.78, 5) is 40.1. The Hall–Kier alpha value is -2.95. The molecule has 1 saturated heterocycles. The van der Waals surface area contributed by atoms with Crippen molar-refractivity contribution in [1.29, 1.82) is 0 Å². The fourth-order valence-electron chi connectivity index (χ4n) is 5.10. The summed E-state index contributed by atoms with van der Waals surface area (Å²) in [6.45, 7) is -0.215. The third kappa shape index (κ3) is 2.87. The van der Waals surface area contributed by atoms with E-state index in [0.717, 1.165) is 48.1 Å². The Kier molecular flexibility index (Phi) is 4.26. The molecule has 29 heavy (non-hydrogen) atoms. The highest BCUT2D eigenvalue weighted by molar-refractivity contribution is 6.11. The van der Waals surface area contributed by atoms with Crippen LogP contribution in [0.5, 0.6) is 0 Å². The topological polar surface area (TPSA) is 66.5 Å². The maximum Gasteiger partial charge on any atom is 0.325 e. The minimum atomic E-state index is -1.03. The van der Waals surface area contributed by atoms with Crippen LogP contribution in [0.1, 0.15) is 58.3 Å². The summed E-state index contributed by atoms with van der Waals surface area (Å²) in [7, 11) is 0. The Labute approximate surface area is 170 Å². The number of nitrogens with one attached hydrogen (secondary N) is 1. The molecule has 1 heterocycles. The number of carbonyl (C=O) groups excluding carboxylic acids is 3. The summed E-state index contributed by atoms with van der Waals surface area (Å²) in [5, 5.41) is 2.92. The van der Waals surface area contributed by atoms with Crippen LogP contribution >= 0.6 is 0 Å². The number of rotatable bonds is 3. The molecule has 1 fully saturated rings. The zero-order valence-electron chi connectivity index (χ0n) is 16.4. The lowest BCUT2D eigenvalue weighted by Crippen LogP contribution is -2.46. The molecule has 3 aliphatic rings. The quantitative estimate of drug-likeness (QED) is 0.646. The second-order valence-corrected chi connectivity index (χ2v) is 8.35. The number of hydrogen-bond acceptors (Lipinski definition) is 3. The van der Waals surface area contributed by atoms with Gasteiger partial charge in [-0.1, -0.05) is 36.4 Å². The molecule has 148 valence electrons. The molecule has 0 saturated carbocycles. The zero-order chi connectivity index (χ0) is 20.0. The van der Waals surface area contributed by atoms with Gasteiger partial charge in [0.2, 0.25) is 0 Å². The van der Waals surface area contributed by atoms with Crippen LogP contribution in [0.3, 0.4) is 0 Å². The number of benzene rings is 2. The van der Waals surface area contributed by atoms with Gasteiger partial charge in [-0.3, -0.25) is 14.5 Å². The highest BCUT2D eigenvalue weighted by atomic mass is 16.2. The van der Waals surface area contributed by atoms with Crippen molar-refractivity contribution in [3.05, 3.63) is 70.3 Å². The average Bonchev–Trinajstić information content (AvgIpc) is 2.98. The summed E-state index contributed by atoms with van der Waals surface area (Å²) in [5.74, 6) is -0.496. The molecule has 5 rings (SSSR count). The van der Waals surface area contributed by atoms with Crippen LogP contribution in [-0.2, 0) is 29.6 Å². The molecular weight excluding hydrogens is 364 g/mol. The Bertz CT molecular complexity index is 1030. The van der Waals surface area contributed by atoms with Crippen LogP contribution in [0.4, 0.5) is 4.79 Å². The van der Waals surface area contributed by atoms with E-state index in [1.54, 1.807) is 0 Å². The fourth-order valence-corrected chi connectivity index (χ4v) is 5.10. The Morgan fingerprint density at radius 3 is 2.55 bits per heavy atom. The number of Topliss-reactive ketones (excluding diaryl/α,β-unsaturated/α-hetero) is 1. The molecule has 1 atom stereocenters. The smallest absolute Gasteiger partial charge is 0.319 e. The monoisotopic (exact) mass is 388 g/mol. The van der Waals surface area contributed by atoms with Gasteiger partial charge >= 0.3 is 6.03 Å². The number of carbonyl (C=O) groups is 3. The van der Waals surface area contributed by atoms with Gasteiger partial charge in [0.15, 0.2) is 5.78 Å². The Morgan fingerprint density at radius 2 is 1.69 bits per heavy atom. The molecule has 0 unspecified atom stereocenters. The number of nitrogens with zero attached hydrogens (tertiary/aromatic N) is 1. The number of amides is 3. The summed E-state index contributed by atoms with van der Waals surface area (Å²) >= 11 is 0. The molecule has 2 aromatic carbocycles. The molecule has 1 N–H and O–H groups in total. The van der Waals surface area contributed by atoms with Crippen molar-refractivity contribution in [2.75, 3.05) is 6.54 Å². The van der Waals surface area contributed by atoms with Gasteiger partial charge in [-0.2, -0.15) is 0 Å². The molecule has 1 aliphatic heterocycles. The standard InChI is InChI=1S/C24H24N2O3/c27-21(19-12-11-16-6-1-2-8-18(16)14-19)15-26-22(28)24(25-23(26)29)13-5-9-17-7-3-4-10-20(17)24/h3-4,7,10-12,14H,1-2,5-6,8-9,13,15H2,(H,25,29)/t24-/m0/s1. The highest BCUT2D eigenvalue weighted by Gasteiger charge is 2.54. The van der Waals surface area contributed by atoms with Crippen LogP contribution in [0.2, 0.25) is 0 Å². The van der Waals surface area contributed by atoms with Gasteiger partial charge in [-0.25, -0.2) is 4.79 Å². The van der Waals surface area contributed by atoms with Gasteiger partial charge in [0, 0.05) is 5.56 Å². The van der Waals surface area contributed by atoms with Crippen molar-refractivity contribution in [1.82, 2.24) is 10.2 Å². The summed E-state index contributed by atoms with van der Waals surface area (Å²) in [5.41, 5.74) is 4.04. The molecule has 2 aliphatic carbocycles. The van der Waals surface area contributed by atoms with E-state index in [9.17, 15) is 14.4 Å². The van der Waals surface area contributed by atoms with E-state index in [4.69, 9.17) is 0 Å². The first-order valence-corrected chi connectivity index (χ1v) is 10.5. The maximum atomic E-state index is 13.3. The first-order valence-electron chi connectivity index (χ1n) is 10.5. The van der Waals surface area contributed by atoms with Crippen LogP contribution in [0, 0.1) is 0 Å². The van der Waals surface area contributed by atoms with Gasteiger partial charge in [-0.05, 0) is 73.3 Å². The molecule has 0 bridgehead atoms. The van der Waals surface area contributed by atoms with Crippen molar-refractivity contribution < 1.29 is 14.4 Å². The van der Waals surface area contributed by atoms with Crippen molar-refractivity contribution in [2.45, 2.75) is 50.5 Å². The Balaban J connectivity index is 1.41. The van der Waals surface area contributed by atoms with Crippen LogP contribution in [-0.4, -0.2) is 29.2 Å². The molecule has 1 spiro atoms. The second-order valence-electron chi connectivity index (χ2n) is 8.35. The summed E-state index contributed by atoms with van der Waals surface area (Å²) in [6.07, 6.45) is 6.66. The first-order chi connectivity index (χ1) is 14.1. The molecule has 3 amide bonds. The predicted octanol–water partition coefficient (Wildman–Crippen LogP) is 3.53. The first kappa shape index (κ1) is 18.1. The SMILES string of the molecule is O=C(CN1C(=O)N[C@]2(CCCc3ccccc32)C1=O)c1ccc2c(c1)CCCC2. The van der Waals surface area contributed by atoms with E-state index >= 15 is 0 Å². The number of ketones is 1. The van der Waals surface area contributed by atoms with Crippen LogP contribution in [0.15, 0.2) is 42.5 Å². The predicted molar refractivity (Wildman–Crippen MR) is 109 cm³/mol. The van der Waals surface area contributed by atoms with E-state index < -0.39 is 11.6 Å². The Morgan fingerprint density at radius 1 is 0.931 bits per heavy atom. The van der Waals surface area contributed by atoms with Gasteiger partial charge in [0.05, 0.1) is 6.54 Å². The minimum Gasteiger partial charge on any atom is -0.319 e. The van der Waals surface area contributed by atoms with Gasteiger partial charge in [0.1, 0.15) is 5.54 Å². The largest absolute Gasteiger partial charge is 0.325 e. The lowest BCUT2D eigenvalue weighted by atomic mass is 9.76. The van der Waals surface area contributed by atoms with Crippen molar-refractivity contribution in [2.24, 2.45) is 0 Å². The van der Waals surface area contributed by atoms with Crippen molar-refractivity contribution in [3.63, 3.8) is 0 Å². The van der Waals surface area contributed by atoms with Gasteiger partial charge in [0.25, 0.3) is 5.91 Å². The van der Waals surface area contributed by atoms with E-state index in [-0.39, 0.29) is 18.2 Å². The summed E-state index contributed by atoms with van der Waals surface area (Å²) < 4.78 is 0. The number of urea groups is 1. The van der Waals surface area contributed by atoms with Gasteiger partial charge in [-0.15, -0.1) is 0 Å². The number of aryl methyl sites for hydroxylation is 3. The third-order valence-corrected chi connectivity index (χ3v) is 6.62. The maximum absolute atomic E-state index is 13.3. The van der Waals surface area contributed by atoms with Crippen molar-refractivity contribution in [3.8, 4) is 0 Å². The molecule has 5 heteroatoms. The second kappa shape index (κ2) is 6.83. The number of imide groups is 1. The lowest BCUT2D eigenvalue weighted by Gasteiger charge is -2.33. The van der Waals surface area contributed by atoms with E-state index in [2.05, 4.69) is 5.32 Å². The summed E-state index contributed by atoms with van der Waals surface area (Å²) in [6, 6.07) is 13.1. The molecule has 5 nitrogen and oxygen atoms in total. The minimum absolute atomic E-state index is 0.192. The molecule has 0 radical (unpaired) electrons. The number of fused-ring (bicyclic) bond motifs is 3. The lowest BCUT2D eigenvalue weighted by molar-refractivity contribution is -0.131. The van der Waals surface area contributed by atoms with Crippen LogP contribution in [0.25, 0.3) is 0 Å². The van der Waals surface area contributed by atoms with Crippen LogP contribution < -0.4 is 5.32 Å². The molecule has 0 aromatic heterocycles. The van der Waals surface area contributed by atoms with Gasteiger partial charge < -0.3 is 5.32 Å². The van der Waals surface area contributed by atoms with E-state index in [0.29, 0.717) is 12.0 Å². The van der Waals surface area contributed by atoms with Crippen molar-refractivity contribution >= 4 is 17.7 Å². The normalized spacial score (nSPS) is 23.0. The molecule has 2 aromatic rings. The third-order valence-electron chi connectivity index (χ3n) is 6.62. The molecular formula is C24H24N2O3. The van der Waals surface area contributed by atoms with E-state index in [1.807, 2.05) is 42.5 Å².